The normalized spacial score (nSPS) is 17.9. The number of carbonyl (C=O) groups excluding carboxylic acids is 2. The second-order valence-corrected chi connectivity index (χ2v) is 8.08. The quantitative estimate of drug-likeness (QED) is 0.712. The van der Waals surface area contributed by atoms with E-state index in [4.69, 9.17) is 9.47 Å². The van der Waals surface area contributed by atoms with Gasteiger partial charge in [-0.3, -0.25) is 14.5 Å². The summed E-state index contributed by atoms with van der Waals surface area (Å²) in [5, 5.41) is 0. The highest BCUT2D eigenvalue weighted by molar-refractivity contribution is 5.98. The molecule has 4 rings (SSSR count). The lowest BCUT2D eigenvalue weighted by atomic mass is 9.87. The van der Waals surface area contributed by atoms with Crippen molar-refractivity contribution in [3.05, 3.63) is 59.7 Å². The third-order valence-electron chi connectivity index (χ3n) is 5.88. The zero-order valence-electron chi connectivity index (χ0n) is 17.5. The Labute approximate surface area is 177 Å². The fraction of sp³-hybridized carbons (Fsp3) is 0.417. The first-order valence-corrected chi connectivity index (χ1v) is 10.5. The number of likely N-dealkylation sites (N-methyl/N-ethyl adjacent to an activating group) is 1. The molecule has 0 aliphatic carbocycles. The van der Waals surface area contributed by atoms with E-state index < -0.39 is 0 Å². The van der Waals surface area contributed by atoms with Gasteiger partial charge in [-0.1, -0.05) is 30.3 Å². The van der Waals surface area contributed by atoms with Crippen LogP contribution in [0.25, 0.3) is 0 Å². The Hall–Kier alpha value is -2.86. The Kier molecular flexibility index (Phi) is 6.04. The van der Waals surface area contributed by atoms with Crippen molar-refractivity contribution in [3.63, 3.8) is 0 Å². The zero-order chi connectivity index (χ0) is 21.1. The van der Waals surface area contributed by atoms with Crippen LogP contribution in [0.15, 0.2) is 48.5 Å². The first kappa shape index (κ1) is 20.4. The van der Waals surface area contributed by atoms with Crippen molar-refractivity contribution in [2.24, 2.45) is 5.92 Å². The SMILES string of the molecule is CN(C)C(=O)[C@H](c1ccccc1)N1CCC(C(=O)c2ccc3c(c2)OCCO3)CC1. The number of Topliss-reactive ketones (excluding diaryl/α,β-unsaturated/α-hetero) is 1. The number of likely N-dealkylation sites (tertiary alicyclic amines) is 1. The molecule has 2 aromatic carbocycles. The molecular formula is C24H28N2O4. The van der Waals surface area contributed by atoms with Gasteiger partial charge in [0, 0.05) is 25.6 Å². The van der Waals surface area contributed by atoms with E-state index >= 15 is 0 Å². The van der Waals surface area contributed by atoms with Gasteiger partial charge in [-0.2, -0.15) is 0 Å². The lowest BCUT2D eigenvalue weighted by Crippen LogP contribution is -2.44. The maximum atomic E-state index is 13.1. The predicted octanol–water partition coefficient (Wildman–Crippen LogP) is 3.18. The number of carbonyl (C=O) groups is 2. The van der Waals surface area contributed by atoms with E-state index in [9.17, 15) is 9.59 Å². The maximum Gasteiger partial charge on any atom is 0.244 e. The van der Waals surface area contributed by atoms with Crippen molar-refractivity contribution in [3.8, 4) is 11.5 Å². The summed E-state index contributed by atoms with van der Waals surface area (Å²) in [6, 6.07) is 15.0. The molecule has 2 heterocycles. The molecular weight excluding hydrogens is 380 g/mol. The minimum absolute atomic E-state index is 0.0466. The number of amides is 1. The predicted molar refractivity (Wildman–Crippen MR) is 114 cm³/mol. The van der Waals surface area contributed by atoms with Gasteiger partial charge in [0.15, 0.2) is 17.3 Å². The van der Waals surface area contributed by atoms with Gasteiger partial charge in [-0.05, 0) is 49.7 Å². The number of nitrogens with zero attached hydrogens (tertiary/aromatic N) is 2. The zero-order valence-corrected chi connectivity index (χ0v) is 17.5. The molecule has 1 atom stereocenters. The molecule has 2 aliphatic heterocycles. The molecule has 0 bridgehead atoms. The maximum absolute atomic E-state index is 13.1. The minimum Gasteiger partial charge on any atom is -0.486 e. The molecule has 2 aromatic rings. The van der Waals surface area contributed by atoms with Gasteiger partial charge in [0.2, 0.25) is 5.91 Å². The number of ether oxygens (including phenoxy) is 2. The summed E-state index contributed by atoms with van der Waals surface area (Å²) in [7, 11) is 3.58. The van der Waals surface area contributed by atoms with Gasteiger partial charge in [-0.15, -0.1) is 0 Å². The van der Waals surface area contributed by atoms with Gasteiger partial charge in [-0.25, -0.2) is 0 Å². The number of hydrogen-bond acceptors (Lipinski definition) is 5. The minimum atomic E-state index is -0.313. The molecule has 6 nitrogen and oxygen atoms in total. The number of ketones is 1. The molecule has 0 saturated carbocycles. The summed E-state index contributed by atoms with van der Waals surface area (Å²) < 4.78 is 11.2. The molecule has 1 fully saturated rings. The average Bonchev–Trinajstić information content (AvgIpc) is 2.79. The Bertz CT molecular complexity index is 905. The van der Waals surface area contributed by atoms with E-state index in [0.717, 1.165) is 18.4 Å². The van der Waals surface area contributed by atoms with Crippen molar-refractivity contribution in [1.82, 2.24) is 9.80 Å². The number of hydrogen-bond donors (Lipinski definition) is 0. The van der Waals surface area contributed by atoms with Crippen LogP contribution in [0.3, 0.4) is 0 Å². The molecule has 0 unspecified atom stereocenters. The topological polar surface area (TPSA) is 59.1 Å². The van der Waals surface area contributed by atoms with Crippen LogP contribution in [0.2, 0.25) is 0 Å². The lowest BCUT2D eigenvalue weighted by molar-refractivity contribution is -0.135. The van der Waals surface area contributed by atoms with Gasteiger partial charge in [0.25, 0.3) is 0 Å². The number of rotatable bonds is 5. The van der Waals surface area contributed by atoms with E-state index in [-0.39, 0.29) is 23.7 Å². The Morgan fingerprint density at radius 1 is 0.967 bits per heavy atom. The van der Waals surface area contributed by atoms with E-state index in [0.29, 0.717) is 43.4 Å². The number of piperidine rings is 1. The molecule has 0 spiro atoms. The van der Waals surface area contributed by atoms with E-state index in [1.54, 1.807) is 25.1 Å². The van der Waals surface area contributed by atoms with Crippen LogP contribution in [-0.4, -0.2) is 61.9 Å². The second-order valence-electron chi connectivity index (χ2n) is 8.08. The largest absolute Gasteiger partial charge is 0.486 e. The van der Waals surface area contributed by atoms with Crippen LogP contribution >= 0.6 is 0 Å². The standard InChI is InChI=1S/C24H28N2O4/c1-25(2)24(28)22(17-6-4-3-5-7-17)26-12-10-18(11-13-26)23(27)19-8-9-20-21(16-19)30-15-14-29-20/h3-9,16,18,22H,10-15H2,1-2H3/t22-/m0/s1. The summed E-state index contributed by atoms with van der Waals surface area (Å²) in [6.45, 7) is 2.46. The third-order valence-corrected chi connectivity index (χ3v) is 5.88. The summed E-state index contributed by atoms with van der Waals surface area (Å²) >= 11 is 0. The van der Waals surface area contributed by atoms with Crippen molar-refractivity contribution in [2.75, 3.05) is 40.4 Å². The smallest absolute Gasteiger partial charge is 0.244 e. The molecule has 2 aliphatic rings. The Morgan fingerprint density at radius 3 is 2.30 bits per heavy atom. The Morgan fingerprint density at radius 2 is 1.63 bits per heavy atom. The Balaban J connectivity index is 1.45. The summed E-state index contributed by atoms with van der Waals surface area (Å²) in [4.78, 5) is 29.8. The summed E-state index contributed by atoms with van der Waals surface area (Å²) in [5.41, 5.74) is 1.66. The van der Waals surface area contributed by atoms with Gasteiger partial charge in [0.1, 0.15) is 19.3 Å². The van der Waals surface area contributed by atoms with Crippen LogP contribution in [0.1, 0.15) is 34.8 Å². The highest BCUT2D eigenvalue weighted by Gasteiger charge is 2.34. The fourth-order valence-corrected chi connectivity index (χ4v) is 4.24. The van der Waals surface area contributed by atoms with Crippen LogP contribution in [-0.2, 0) is 4.79 Å². The van der Waals surface area contributed by atoms with Gasteiger partial charge >= 0.3 is 0 Å². The molecule has 0 radical (unpaired) electrons. The van der Waals surface area contributed by atoms with Crippen LogP contribution in [0.4, 0.5) is 0 Å². The first-order chi connectivity index (χ1) is 14.5. The highest BCUT2D eigenvalue weighted by Crippen LogP contribution is 2.34. The van der Waals surface area contributed by atoms with Crippen molar-refractivity contribution < 1.29 is 19.1 Å². The number of fused-ring (bicyclic) bond motifs is 1. The van der Waals surface area contributed by atoms with Crippen molar-refractivity contribution in [2.45, 2.75) is 18.9 Å². The average molecular weight is 408 g/mol. The molecule has 0 aromatic heterocycles. The molecule has 1 saturated heterocycles. The fourth-order valence-electron chi connectivity index (χ4n) is 4.24. The van der Waals surface area contributed by atoms with Crippen molar-refractivity contribution >= 4 is 11.7 Å². The van der Waals surface area contributed by atoms with E-state index in [1.807, 2.05) is 42.5 Å². The summed E-state index contributed by atoms with van der Waals surface area (Å²) in [6.07, 6.45) is 1.47. The van der Waals surface area contributed by atoms with E-state index in [1.165, 1.54) is 0 Å². The molecule has 158 valence electrons. The molecule has 6 heteroatoms. The van der Waals surface area contributed by atoms with Crippen LogP contribution in [0, 0.1) is 5.92 Å². The first-order valence-electron chi connectivity index (χ1n) is 10.5. The highest BCUT2D eigenvalue weighted by atomic mass is 16.6. The van der Waals surface area contributed by atoms with Gasteiger partial charge < -0.3 is 14.4 Å². The van der Waals surface area contributed by atoms with Crippen LogP contribution < -0.4 is 9.47 Å². The third kappa shape index (κ3) is 4.19. The lowest BCUT2D eigenvalue weighted by Gasteiger charge is -2.37. The monoisotopic (exact) mass is 408 g/mol. The van der Waals surface area contributed by atoms with Crippen molar-refractivity contribution in [1.29, 1.82) is 0 Å². The molecule has 0 N–H and O–H groups in total. The number of benzene rings is 2. The summed E-state index contributed by atoms with van der Waals surface area (Å²) in [5.74, 6) is 1.50. The molecule has 30 heavy (non-hydrogen) atoms. The second kappa shape index (κ2) is 8.88. The van der Waals surface area contributed by atoms with E-state index in [2.05, 4.69) is 4.90 Å². The van der Waals surface area contributed by atoms with Crippen LogP contribution in [0.5, 0.6) is 11.5 Å². The molecule has 1 amide bonds. The van der Waals surface area contributed by atoms with Gasteiger partial charge in [0.05, 0.1) is 0 Å².